The second kappa shape index (κ2) is 14.4. The first kappa shape index (κ1) is 33.5. The fraction of sp³-hybridized carbons (Fsp3) is 0.205. The van der Waals surface area contributed by atoms with Crippen molar-refractivity contribution < 1.29 is 14.4 Å². The average molecular weight is 699 g/mol. The van der Waals surface area contributed by atoms with E-state index in [-0.39, 0.29) is 47.3 Å². The van der Waals surface area contributed by atoms with Crippen molar-refractivity contribution >= 4 is 63.3 Å². The van der Waals surface area contributed by atoms with Crippen molar-refractivity contribution in [2.45, 2.75) is 44.3 Å². The molecule has 0 spiro atoms. The molecule has 1 saturated heterocycles. The van der Waals surface area contributed by atoms with Crippen LogP contribution in [-0.4, -0.2) is 46.1 Å². The molecule has 3 unspecified atom stereocenters. The van der Waals surface area contributed by atoms with Gasteiger partial charge in [0, 0.05) is 29.6 Å². The Bertz CT molecular complexity index is 1980. The number of rotatable bonds is 8. The Morgan fingerprint density at radius 3 is 2.19 bits per heavy atom. The summed E-state index contributed by atoms with van der Waals surface area (Å²) in [7, 11) is 0. The first-order valence-corrected chi connectivity index (χ1v) is 16.9. The van der Waals surface area contributed by atoms with Crippen LogP contribution in [0.25, 0.3) is 21.9 Å². The van der Waals surface area contributed by atoms with E-state index in [1.807, 2.05) is 104 Å². The van der Waals surface area contributed by atoms with E-state index in [2.05, 4.69) is 0 Å². The first-order chi connectivity index (χ1) is 23.1. The molecule has 3 atom stereocenters. The van der Waals surface area contributed by atoms with E-state index < -0.39 is 18.0 Å². The number of halogens is 3. The van der Waals surface area contributed by atoms with Gasteiger partial charge in [-0.05, 0) is 58.5 Å². The van der Waals surface area contributed by atoms with Crippen LogP contribution in [-0.2, 0) is 27.2 Å². The van der Waals surface area contributed by atoms with E-state index >= 15 is 0 Å². The van der Waals surface area contributed by atoms with Gasteiger partial charge < -0.3 is 15.5 Å². The quantitative estimate of drug-likeness (QED) is 0.166. The second-order valence-corrected chi connectivity index (χ2v) is 13.3. The number of benzene rings is 5. The summed E-state index contributed by atoms with van der Waals surface area (Å²) in [5.41, 5.74) is 9.96. The third kappa shape index (κ3) is 6.79. The summed E-state index contributed by atoms with van der Waals surface area (Å²) < 4.78 is 0. The van der Waals surface area contributed by atoms with Gasteiger partial charge in [0.05, 0.1) is 16.5 Å². The molecule has 0 aromatic heterocycles. The Labute approximate surface area is 295 Å². The molecule has 3 amide bonds. The highest BCUT2D eigenvalue weighted by molar-refractivity contribution is 6.44. The largest absolute Gasteiger partial charge is 0.368 e. The van der Waals surface area contributed by atoms with Gasteiger partial charge in [-0.2, -0.15) is 0 Å². The van der Waals surface area contributed by atoms with Gasteiger partial charge in [0.15, 0.2) is 0 Å². The van der Waals surface area contributed by atoms with Crippen LogP contribution in [0.5, 0.6) is 0 Å². The molecular weight excluding hydrogens is 665 g/mol. The molecule has 9 heteroatoms. The minimum absolute atomic E-state index is 0.163. The van der Waals surface area contributed by atoms with Gasteiger partial charge in [0.1, 0.15) is 12.1 Å². The normalized spacial score (nSPS) is 17.3. The average Bonchev–Trinajstić information content (AvgIpc) is 3.22. The highest BCUT2D eigenvalue weighted by Crippen LogP contribution is 2.36. The minimum Gasteiger partial charge on any atom is -0.368 e. The highest BCUT2D eigenvalue weighted by atomic mass is 35.5. The molecule has 1 aliphatic rings. The van der Waals surface area contributed by atoms with E-state index in [1.165, 1.54) is 0 Å². The topological polar surface area (TPSA) is 83.7 Å². The maximum Gasteiger partial charge on any atom is 0.250 e. The lowest BCUT2D eigenvalue weighted by molar-refractivity contribution is -0.148. The molecule has 48 heavy (non-hydrogen) atoms. The third-order valence-electron chi connectivity index (χ3n) is 9.14. The van der Waals surface area contributed by atoms with Crippen molar-refractivity contribution in [1.82, 2.24) is 9.80 Å². The van der Waals surface area contributed by atoms with Crippen molar-refractivity contribution in [3.05, 3.63) is 141 Å². The van der Waals surface area contributed by atoms with Crippen LogP contribution in [0.15, 0.2) is 109 Å². The van der Waals surface area contributed by atoms with Gasteiger partial charge >= 0.3 is 0 Å². The summed E-state index contributed by atoms with van der Waals surface area (Å²) >= 11 is 19.3. The van der Waals surface area contributed by atoms with Crippen LogP contribution < -0.4 is 5.73 Å². The standard InChI is InChI=1S/C39H34Cl3N3O3/c1-24-20-21-44(34(38(43)47)22-29-12-7-11-27-10-5-6-13-30(27)29)39(48)37(28-16-14-26(15-17-28)25-8-3-2-4-9-25)45(24)35(46)23-31-32(40)18-19-33(41)36(31)42/h2-19,24,34,37H,20-23H2,1H3,(H2,43,47). The lowest BCUT2D eigenvalue weighted by Crippen LogP contribution is -2.52. The third-order valence-corrected chi connectivity index (χ3v) is 10.3. The predicted molar refractivity (Wildman–Crippen MR) is 193 cm³/mol. The zero-order valence-corrected chi connectivity index (χ0v) is 28.6. The number of hydrogen-bond acceptors (Lipinski definition) is 3. The molecule has 2 N–H and O–H groups in total. The number of primary amides is 1. The molecule has 1 aliphatic heterocycles. The Hall–Kier alpha value is -4.36. The van der Waals surface area contributed by atoms with Gasteiger partial charge in [-0.1, -0.05) is 132 Å². The summed E-state index contributed by atoms with van der Waals surface area (Å²) in [5.74, 6) is -1.34. The molecule has 6 nitrogen and oxygen atoms in total. The SMILES string of the molecule is CC1CCN(C(Cc2cccc3ccccc23)C(N)=O)C(=O)C(c2ccc(-c3ccccc3)cc2)N1C(=O)Cc1c(Cl)ccc(Cl)c1Cl. The van der Waals surface area contributed by atoms with Crippen LogP contribution in [0, 0.1) is 0 Å². The van der Waals surface area contributed by atoms with E-state index in [1.54, 1.807) is 21.9 Å². The maximum atomic E-state index is 14.9. The van der Waals surface area contributed by atoms with Crippen LogP contribution in [0.2, 0.25) is 15.1 Å². The van der Waals surface area contributed by atoms with E-state index in [4.69, 9.17) is 40.5 Å². The number of hydrogen-bond donors (Lipinski definition) is 1. The number of fused-ring (bicyclic) bond motifs is 1. The van der Waals surface area contributed by atoms with Crippen LogP contribution in [0.4, 0.5) is 0 Å². The summed E-state index contributed by atoms with van der Waals surface area (Å²) in [6.45, 7) is 2.14. The number of amides is 3. The summed E-state index contributed by atoms with van der Waals surface area (Å²) in [6.07, 6.45) is 0.494. The van der Waals surface area contributed by atoms with Crippen LogP contribution in [0.1, 0.15) is 36.1 Å². The second-order valence-electron chi connectivity index (χ2n) is 12.1. The molecule has 0 bridgehead atoms. The van der Waals surface area contributed by atoms with Crippen molar-refractivity contribution in [1.29, 1.82) is 0 Å². The maximum absolute atomic E-state index is 14.9. The smallest absolute Gasteiger partial charge is 0.250 e. The lowest BCUT2D eigenvalue weighted by Gasteiger charge is -2.36. The Balaban J connectivity index is 1.41. The van der Waals surface area contributed by atoms with E-state index in [9.17, 15) is 14.4 Å². The zero-order chi connectivity index (χ0) is 33.9. The van der Waals surface area contributed by atoms with Gasteiger partial charge in [-0.15, -0.1) is 0 Å². The fourth-order valence-electron chi connectivity index (χ4n) is 6.61. The van der Waals surface area contributed by atoms with Crippen molar-refractivity contribution in [3.8, 4) is 11.1 Å². The number of nitrogens with two attached hydrogens (primary N) is 1. The summed E-state index contributed by atoms with van der Waals surface area (Å²) in [4.78, 5) is 45.5. The Kier molecular flexibility index (Phi) is 10.1. The van der Waals surface area contributed by atoms with Crippen LogP contribution in [0.3, 0.4) is 0 Å². The molecular formula is C39H34Cl3N3O3. The molecule has 5 aromatic carbocycles. The van der Waals surface area contributed by atoms with E-state index in [0.29, 0.717) is 22.6 Å². The Morgan fingerprint density at radius 2 is 1.46 bits per heavy atom. The van der Waals surface area contributed by atoms with Gasteiger partial charge in [-0.3, -0.25) is 14.4 Å². The van der Waals surface area contributed by atoms with Crippen molar-refractivity contribution in [2.75, 3.05) is 6.54 Å². The van der Waals surface area contributed by atoms with Crippen molar-refractivity contribution in [2.24, 2.45) is 5.73 Å². The first-order valence-electron chi connectivity index (χ1n) is 15.8. The molecule has 6 rings (SSSR count). The zero-order valence-electron chi connectivity index (χ0n) is 26.3. The molecule has 1 heterocycles. The van der Waals surface area contributed by atoms with Crippen LogP contribution >= 0.6 is 34.8 Å². The highest BCUT2D eigenvalue weighted by Gasteiger charge is 2.43. The number of carbonyl (C=O) groups excluding carboxylic acids is 3. The number of nitrogens with zero attached hydrogens (tertiary/aromatic N) is 2. The molecule has 5 aromatic rings. The predicted octanol–water partition coefficient (Wildman–Crippen LogP) is 8.30. The van der Waals surface area contributed by atoms with Gasteiger partial charge in [0.2, 0.25) is 11.8 Å². The number of carbonyl (C=O) groups is 3. The summed E-state index contributed by atoms with van der Waals surface area (Å²) in [6, 6.07) is 32.1. The minimum atomic E-state index is -1.04. The van der Waals surface area contributed by atoms with Gasteiger partial charge in [-0.25, -0.2) is 0 Å². The molecule has 0 aliphatic carbocycles. The van der Waals surface area contributed by atoms with Gasteiger partial charge in [0.25, 0.3) is 5.91 Å². The van der Waals surface area contributed by atoms with Crippen molar-refractivity contribution in [3.63, 3.8) is 0 Å². The Morgan fingerprint density at radius 1 is 0.812 bits per heavy atom. The molecule has 244 valence electrons. The molecule has 1 fully saturated rings. The molecule has 0 radical (unpaired) electrons. The molecule has 0 saturated carbocycles. The summed E-state index contributed by atoms with van der Waals surface area (Å²) in [5, 5.41) is 2.80. The fourth-order valence-corrected chi connectivity index (χ4v) is 7.29. The monoisotopic (exact) mass is 697 g/mol. The van der Waals surface area contributed by atoms with E-state index in [0.717, 1.165) is 27.5 Å². The lowest BCUT2D eigenvalue weighted by atomic mass is 9.95.